The minimum absolute atomic E-state index is 0.0995. The molecule has 8 heteroatoms. The zero-order valence-electron chi connectivity index (χ0n) is 10.3. The lowest BCUT2D eigenvalue weighted by atomic mass is 10.2. The van der Waals surface area contributed by atoms with Gasteiger partial charge in [-0.05, 0) is 23.8 Å². The summed E-state index contributed by atoms with van der Waals surface area (Å²) in [4.78, 5) is 37.5. The first-order valence-electron chi connectivity index (χ1n) is 5.77. The quantitative estimate of drug-likeness (QED) is 0.493. The van der Waals surface area contributed by atoms with E-state index in [1.165, 1.54) is 24.1 Å². The Balaban J connectivity index is 2.18. The van der Waals surface area contributed by atoms with Crippen molar-refractivity contribution in [3.63, 3.8) is 0 Å². The first-order chi connectivity index (χ1) is 9.04. The lowest BCUT2D eigenvalue weighted by Crippen LogP contribution is -2.41. The molecule has 1 fully saturated rings. The van der Waals surface area contributed by atoms with E-state index in [1.807, 2.05) is 0 Å². The highest BCUT2D eigenvalue weighted by molar-refractivity contribution is 5.96. The Hall–Kier alpha value is -2.38. The van der Waals surface area contributed by atoms with Crippen LogP contribution in [0.1, 0.15) is 23.3 Å². The van der Waals surface area contributed by atoms with E-state index in [2.05, 4.69) is 9.72 Å². The molecule has 1 saturated heterocycles. The number of amides is 1. The lowest BCUT2D eigenvalue weighted by Gasteiger charge is -2.20. The van der Waals surface area contributed by atoms with Crippen molar-refractivity contribution in [2.45, 2.75) is 18.9 Å². The van der Waals surface area contributed by atoms with Crippen molar-refractivity contribution in [2.24, 2.45) is 0 Å². The average molecular weight is 267 g/mol. The van der Waals surface area contributed by atoms with Crippen LogP contribution in [-0.4, -0.2) is 46.4 Å². The highest BCUT2D eigenvalue weighted by atomic mass is 16.6. The molecule has 0 saturated carbocycles. The lowest BCUT2D eigenvalue weighted by molar-refractivity contribution is -0.389. The largest absolute Gasteiger partial charge is 0.467 e. The Kier molecular flexibility index (Phi) is 3.50. The van der Waals surface area contributed by atoms with Gasteiger partial charge in [-0.15, -0.1) is 0 Å². The van der Waals surface area contributed by atoms with Crippen molar-refractivity contribution in [1.82, 2.24) is 9.88 Å². The molecule has 2 rings (SSSR count). The number of rotatable bonds is 3. The molecule has 0 aliphatic carbocycles. The van der Waals surface area contributed by atoms with Crippen LogP contribution in [0, 0.1) is 10.1 Å². The summed E-state index contributed by atoms with van der Waals surface area (Å²) in [6, 6.07) is 1.95. The van der Waals surface area contributed by atoms with Crippen molar-refractivity contribution in [1.29, 1.82) is 0 Å². The Morgan fingerprint density at radius 2 is 2.26 bits per heavy atom. The molecule has 1 unspecified atom stereocenters. The van der Waals surface area contributed by atoms with Gasteiger partial charge >= 0.3 is 11.8 Å². The Morgan fingerprint density at radius 1 is 1.53 bits per heavy atom. The van der Waals surface area contributed by atoms with E-state index < -0.39 is 22.8 Å². The second kappa shape index (κ2) is 5.09. The summed E-state index contributed by atoms with van der Waals surface area (Å²) in [5.74, 6) is -1.15. The van der Waals surface area contributed by atoms with Crippen LogP contribution in [0.2, 0.25) is 0 Å². The molecule has 2 heterocycles. The van der Waals surface area contributed by atoms with Crippen LogP contribution < -0.4 is 0 Å². The van der Waals surface area contributed by atoms with Gasteiger partial charge in [0.15, 0.2) is 5.69 Å². The van der Waals surface area contributed by atoms with E-state index in [0.717, 1.165) is 0 Å². The summed E-state index contributed by atoms with van der Waals surface area (Å²) < 4.78 is 4.64. The Labute approximate surface area is 108 Å². The highest BCUT2D eigenvalue weighted by Crippen LogP contribution is 2.21. The van der Waals surface area contributed by atoms with Crippen LogP contribution >= 0.6 is 0 Å². The number of esters is 1. The van der Waals surface area contributed by atoms with Crippen LogP contribution in [-0.2, 0) is 9.53 Å². The summed E-state index contributed by atoms with van der Waals surface area (Å²) in [5, 5.41) is 10.6. The van der Waals surface area contributed by atoms with E-state index in [1.54, 1.807) is 0 Å². The minimum Gasteiger partial charge on any atom is -0.467 e. The fourth-order valence-electron chi connectivity index (χ4n) is 2.16. The second-order valence-corrected chi connectivity index (χ2v) is 4.19. The number of carbonyl (C=O) groups is 2. The van der Waals surface area contributed by atoms with E-state index in [9.17, 15) is 19.7 Å². The van der Waals surface area contributed by atoms with Crippen molar-refractivity contribution in [3.05, 3.63) is 27.9 Å². The number of hydrogen-bond donors (Lipinski definition) is 1. The third kappa shape index (κ3) is 2.42. The zero-order valence-corrected chi connectivity index (χ0v) is 10.3. The number of ether oxygens (including phenoxy) is 1. The fourth-order valence-corrected chi connectivity index (χ4v) is 2.16. The summed E-state index contributed by atoms with van der Waals surface area (Å²) in [5.41, 5.74) is 0.0995. The third-order valence-corrected chi connectivity index (χ3v) is 3.08. The molecule has 1 aromatic rings. The van der Waals surface area contributed by atoms with Crippen LogP contribution in [0.25, 0.3) is 0 Å². The van der Waals surface area contributed by atoms with E-state index in [0.29, 0.717) is 19.4 Å². The number of hydrogen-bond acceptors (Lipinski definition) is 5. The number of nitrogens with one attached hydrogen (secondary N) is 1. The molecule has 0 spiro atoms. The number of H-pyrrole nitrogens is 1. The van der Waals surface area contributed by atoms with Gasteiger partial charge in [-0.1, -0.05) is 0 Å². The molecule has 1 N–H and O–H groups in total. The molecule has 1 amide bonds. The maximum Gasteiger partial charge on any atom is 0.328 e. The van der Waals surface area contributed by atoms with Gasteiger partial charge in [0.25, 0.3) is 5.91 Å². The topological polar surface area (TPSA) is 106 Å². The molecule has 8 nitrogen and oxygen atoms in total. The molecule has 0 aromatic carbocycles. The van der Waals surface area contributed by atoms with E-state index in [-0.39, 0.29) is 11.5 Å². The standard InChI is InChI=1S/C11H13N3O5/c1-19-11(16)8-3-2-6-13(8)10(15)7-4-5-9(12-7)14(17)18/h4-5,8,12H,2-3,6H2,1H3. The molecular weight excluding hydrogens is 254 g/mol. The Bertz CT molecular complexity index is 524. The smallest absolute Gasteiger partial charge is 0.328 e. The molecule has 1 atom stereocenters. The predicted molar refractivity (Wildman–Crippen MR) is 63.5 cm³/mol. The van der Waals surface area contributed by atoms with Gasteiger partial charge in [-0.2, -0.15) is 0 Å². The van der Waals surface area contributed by atoms with Gasteiger partial charge in [0.05, 0.1) is 7.11 Å². The van der Waals surface area contributed by atoms with Gasteiger partial charge < -0.3 is 19.8 Å². The number of nitrogens with zero attached hydrogens (tertiary/aromatic N) is 2. The molecule has 0 bridgehead atoms. The fraction of sp³-hybridized carbons (Fsp3) is 0.455. The van der Waals surface area contributed by atoms with E-state index >= 15 is 0 Å². The molecule has 1 aliphatic heterocycles. The normalized spacial score (nSPS) is 18.4. The summed E-state index contributed by atoms with van der Waals surface area (Å²) >= 11 is 0. The number of likely N-dealkylation sites (tertiary alicyclic amines) is 1. The van der Waals surface area contributed by atoms with Crippen LogP contribution in [0.4, 0.5) is 5.82 Å². The molecule has 0 radical (unpaired) electrons. The number of methoxy groups -OCH3 is 1. The van der Waals surface area contributed by atoms with Crippen LogP contribution in [0.15, 0.2) is 12.1 Å². The maximum atomic E-state index is 12.2. The van der Waals surface area contributed by atoms with Gasteiger partial charge in [-0.25, -0.2) is 9.78 Å². The first-order valence-corrected chi connectivity index (χ1v) is 5.77. The van der Waals surface area contributed by atoms with Crippen molar-refractivity contribution in [2.75, 3.05) is 13.7 Å². The minimum atomic E-state index is -0.613. The van der Waals surface area contributed by atoms with Crippen LogP contribution in [0.3, 0.4) is 0 Å². The average Bonchev–Trinajstić information content (AvgIpc) is 3.05. The van der Waals surface area contributed by atoms with Gasteiger partial charge in [0.2, 0.25) is 0 Å². The van der Waals surface area contributed by atoms with Gasteiger partial charge in [0, 0.05) is 12.6 Å². The van der Waals surface area contributed by atoms with Crippen molar-refractivity contribution in [3.8, 4) is 0 Å². The number of carbonyl (C=O) groups excluding carboxylic acids is 2. The van der Waals surface area contributed by atoms with Crippen LogP contribution in [0.5, 0.6) is 0 Å². The SMILES string of the molecule is COC(=O)C1CCCN1C(=O)c1ccc([N+](=O)[O-])[nH]1. The molecule has 102 valence electrons. The maximum absolute atomic E-state index is 12.2. The molecule has 1 aromatic heterocycles. The number of nitro groups is 1. The second-order valence-electron chi connectivity index (χ2n) is 4.19. The summed E-state index contributed by atoms with van der Waals surface area (Å²) in [7, 11) is 1.27. The highest BCUT2D eigenvalue weighted by Gasteiger charge is 2.36. The van der Waals surface area contributed by atoms with Crippen molar-refractivity contribution >= 4 is 17.7 Å². The molecule has 1 aliphatic rings. The monoisotopic (exact) mass is 267 g/mol. The van der Waals surface area contributed by atoms with Crippen molar-refractivity contribution < 1.29 is 19.2 Å². The van der Waals surface area contributed by atoms with E-state index in [4.69, 9.17) is 0 Å². The summed E-state index contributed by atoms with van der Waals surface area (Å²) in [6.07, 6.45) is 1.25. The summed E-state index contributed by atoms with van der Waals surface area (Å²) in [6.45, 7) is 0.436. The zero-order chi connectivity index (χ0) is 14.0. The number of aromatic nitrogens is 1. The van der Waals surface area contributed by atoms with Gasteiger partial charge in [0.1, 0.15) is 6.04 Å². The first kappa shape index (κ1) is 13.1. The molecular formula is C11H13N3O5. The number of aromatic amines is 1. The van der Waals surface area contributed by atoms with Gasteiger partial charge in [-0.3, -0.25) is 4.79 Å². The Morgan fingerprint density at radius 3 is 2.84 bits per heavy atom. The third-order valence-electron chi connectivity index (χ3n) is 3.08. The molecule has 19 heavy (non-hydrogen) atoms. The predicted octanol–water partition coefficient (Wildman–Crippen LogP) is 0.700.